The summed E-state index contributed by atoms with van der Waals surface area (Å²) < 4.78 is 7.19. The van der Waals surface area contributed by atoms with E-state index in [0.29, 0.717) is 12.5 Å². The largest absolute Gasteiger partial charge is 0.381 e. The minimum atomic E-state index is 0. The lowest BCUT2D eigenvalue weighted by molar-refractivity contribution is 0.0600. The molecule has 2 heterocycles. The van der Waals surface area contributed by atoms with Crippen molar-refractivity contribution in [2.75, 3.05) is 13.2 Å². The van der Waals surface area contributed by atoms with E-state index in [9.17, 15) is 0 Å². The fourth-order valence-electron chi connectivity index (χ4n) is 1.71. The van der Waals surface area contributed by atoms with Crippen LogP contribution < -0.4 is 5.73 Å². The van der Waals surface area contributed by atoms with Gasteiger partial charge in [-0.15, -0.1) is 29.9 Å². The summed E-state index contributed by atoms with van der Waals surface area (Å²) in [5.74, 6) is 0.677. The molecule has 7 heteroatoms. The highest BCUT2D eigenvalue weighted by atomic mass is 35.5. The highest BCUT2D eigenvalue weighted by Crippen LogP contribution is 2.16. The topological polar surface area (TPSA) is 66.0 Å². The third kappa shape index (κ3) is 4.25. The van der Waals surface area contributed by atoms with E-state index in [1.54, 1.807) is 0 Å². The van der Waals surface area contributed by atoms with Gasteiger partial charge in [-0.1, -0.05) is 5.21 Å². The van der Waals surface area contributed by atoms with E-state index in [1.165, 1.54) is 0 Å². The Hall–Kier alpha value is -0.360. The molecule has 1 fully saturated rings. The van der Waals surface area contributed by atoms with Crippen LogP contribution in [0.3, 0.4) is 0 Å². The number of nitrogens with zero attached hydrogens (tertiary/aromatic N) is 3. The molecule has 94 valence electrons. The molecule has 1 aliphatic rings. The average Bonchev–Trinajstić information content (AvgIpc) is 2.67. The molecular weight excluding hydrogens is 251 g/mol. The summed E-state index contributed by atoms with van der Waals surface area (Å²) in [5, 5.41) is 7.98. The van der Waals surface area contributed by atoms with Gasteiger partial charge in [0.25, 0.3) is 0 Å². The SMILES string of the molecule is Cl.Cl.NCc1cn(CC2CCOCC2)nn1. The van der Waals surface area contributed by atoms with Gasteiger partial charge in [-0.05, 0) is 18.8 Å². The Balaban J connectivity index is 0.00000112. The number of hydrogen-bond acceptors (Lipinski definition) is 4. The van der Waals surface area contributed by atoms with Crippen LogP contribution in [-0.2, 0) is 17.8 Å². The summed E-state index contributed by atoms with van der Waals surface area (Å²) in [6, 6.07) is 0. The van der Waals surface area contributed by atoms with Gasteiger partial charge < -0.3 is 10.5 Å². The zero-order valence-corrected chi connectivity index (χ0v) is 10.7. The van der Waals surface area contributed by atoms with Crippen molar-refractivity contribution in [1.82, 2.24) is 15.0 Å². The van der Waals surface area contributed by atoms with Gasteiger partial charge in [-0.25, -0.2) is 0 Å². The van der Waals surface area contributed by atoms with Crippen molar-refractivity contribution in [3.63, 3.8) is 0 Å². The molecule has 0 spiro atoms. The van der Waals surface area contributed by atoms with Crippen molar-refractivity contribution < 1.29 is 4.74 Å². The Morgan fingerprint density at radius 1 is 1.38 bits per heavy atom. The average molecular weight is 269 g/mol. The van der Waals surface area contributed by atoms with Gasteiger partial charge >= 0.3 is 0 Å². The van der Waals surface area contributed by atoms with E-state index in [4.69, 9.17) is 10.5 Å². The lowest BCUT2D eigenvalue weighted by Crippen LogP contribution is -2.20. The van der Waals surface area contributed by atoms with Crippen LogP contribution in [0, 0.1) is 5.92 Å². The van der Waals surface area contributed by atoms with Crippen molar-refractivity contribution in [3.8, 4) is 0 Å². The molecule has 0 saturated carbocycles. The van der Waals surface area contributed by atoms with Gasteiger partial charge in [-0.2, -0.15) is 0 Å². The van der Waals surface area contributed by atoms with Crippen LogP contribution in [0.5, 0.6) is 0 Å². The predicted octanol–water partition coefficient (Wildman–Crippen LogP) is 1.01. The number of hydrogen-bond donors (Lipinski definition) is 1. The smallest absolute Gasteiger partial charge is 0.0962 e. The summed E-state index contributed by atoms with van der Waals surface area (Å²) in [4.78, 5) is 0. The lowest BCUT2D eigenvalue weighted by atomic mass is 10.0. The van der Waals surface area contributed by atoms with Crippen molar-refractivity contribution in [2.45, 2.75) is 25.9 Å². The van der Waals surface area contributed by atoms with E-state index in [-0.39, 0.29) is 24.8 Å². The van der Waals surface area contributed by atoms with Crippen molar-refractivity contribution in [2.24, 2.45) is 11.7 Å². The van der Waals surface area contributed by atoms with Gasteiger partial charge in [0.05, 0.1) is 5.69 Å². The first-order valence-corrected chi connectivity index (χ1v) is 5.05. The summed E-state index contributed by atoms with van der Waals surface area (Å²) in [5.41, 5.74) is 6.32. The number of ether oxygens (including phenoxy) is 1. The number of halogens is 2. The third-order valence-electron chi connectivity index (χ3n) is 2.58. The van der Waals surface area contributed by atoms with Gasteiger partial charge in [0.15, 0.2) is 0 Å². The predicted molar refractivity (Wildman–Crippen MR) is 66.0 cm³/mol. The Morgan fingerprint density at radius 3 is 2.62 bits per heavy atom. The molecule has 0 aromatic carbocycles. The van der Waals surface area contributed by atoms with Crippen LogP contribution in [0.25, 0.3) is 0 Å². The van der Waals surface area contributed by atoms with Crippen LogP contribution in [0.2, 0.25) is 0 Å². The quantitative estimate of drug-likeness (QED) is 0.889. The normalized spacial score (nSPS) is 16.3. The number of rotatable bonds is 3. The lowest BCUT2D eigenvalue weighted by Gasteiger charge is -2.21. The minimum absolute atomic E-state index is 0. The first-order valence-electron chi connectivity index (χ1n) is 5.05. The second-order valence-corrected chi connectivity index (χ2v) is 3.69. The molecule has 0 amide bonds. The number of nitrogens with two attached hydrogens (primary N) is 1. The molecule has 0 atom stereocenters. The molecule has 0 aliphatic carbocycles. The standard InChI is InChI=1S/C9H16N4O.2ClH/c10-5-9-7-13(12-11-9)6-8-1-3-14-4-2-8;;/h7-8H,1-6,10H2;2*1H. The fourth-order valence-corrected chi connectivity index (χ4v) is 1.71. The van der Waals surface area contributed by atoms with Gasteiger partial charge in [0, 0.05) is 32.5 Å². The first kappa shape index (κ1) is 15.6. The molecule has 2 N–H and O–H groups in total. The number of aromatic nitrogens is 3. The molecular formula is C9H18Cl2N4O. The Morgan fingerprint density at radius 2 is 2.06 bits per heavy atom. The van der Waals surface area contributed by atoms with Crippen LogP contribution in [0.1, 0.15) is 18.5 Å². The van der Waals surface area contributed by atoms with Crippen LogP contribution in [0.15, 0.2) is 6.20 Å². The van der Waals surface area contributed by atoms with Crippen molar-refractivity contribution in [1.29, 1.82) is 0 Å². The summed E-state index contributed by atoms with van der Waals surface area (Å²) in [6.07, 6.45) is 4.17. The van der Waals surface area contributed by atoms with Crippen LogP contribution >= 0.6 is 24.8 Å². The molecule has 2 rings (SSSR count). The molecule has 16 heavy (non-hydrogen) atoms. The van der Waals surface area contributed by atoms with Gasteiger partial charge in [-0.3, -0.25) is 4.68 Å². The minimum Gasteiger partial charge on any atom is -0.381 e. The Labute approximate surface area is 108 Å². The van der Waals surface area contributed by atoms with E-state index in [1.807, 2.05) is 10.9 Å². The van der Waals surface area contributed by atoms with E-state index in [2.05, 4.69) is 10.3 Å². The summed E-state index contributed by atoms with van der Waals surface area (Å²) in [6.45, 7) is 3.16. The van der Waals surface area contributed by atoms with Gasteiger partial charge in [0.2, 0.25) is 0 Å². The Kier molecular flexibility index (Phi) is 7.66. The molecule has 1 aliphatic heterocycles. The van der Waals surface area contributed by atoms with Gasteiger partial charge in [0.1, 0.15) is 0 Å². The van der Waals surface area contributed by atoms with E-state index < -0.39 is 0 Å². The molecule has 1 aromatic heterocycles. The second kappa shape index (κ2) is 7.84. The molecule has 1 saturated heterocycles. The monoisotopic (exact) mass is 268 g/mol. The molecule has 0 bridgehead atoms. The molecule has 0 unspecified atom stereocenters. The summed E-state index contributed by atoms with van der Waals surface area (Å²) in [7, 11) is 0. The Bertz CT molecular complexity index is 289. The molecule has 1 aromatic rings. The fraction of sp³-hybridized carbons (Fsp3) is 0.778. The highest BCUT2D eigenvalue weighted by molar-refractivity contribution is 5.85. The van der Waals surface area contributed by atoms with Crippen LogP contribution in [0.4, 0.5) is 0 Å². The molecule has 5 nitrogen and oxygen atoms in total. The van der Waals surface area contributed by atoms with Crippen LogP contribution in [-0.4, -0.2) is 28.2 Å². The summed E-state index contributed by atoms with van der Waals surface area (Å²) >= 11 is 0. The third-order valence-corrected chi connectivity index (χ3v) is 2.58. The maximum absolute atomic E-state index is 5.46. The van der Waals surface area contributed by atoms with E-state index in [0.717, 1.165) is 38.3 Å². The second-order valence-electron chi connectivity index (χ2n) is 3.69. The van der Waals surface area contributed by atoms with Crippen molar-refractivity contribution in [3.05, 3.63) is 11.9 Å². The zero-order chi connectivity index (χ0) is 9.80. The van der Waals surface area contributed by atoms with Crippen molar-refractivity contribution >= 4 is 24.8 Å². The molecule has 0 radical (unpaired) electrons. The zero-order valence-electron chi connectivity index (χ0n) is 9.04. The van der Waals surface area contributed by atoms with E-state index >= 15 is 0 Å². The maximum Gasteiger partial charge on any atom is 0.0962 e. The highest BCUT2D eigenvalue weighted by Gasteiger charge is 2.14. The first-order chi connectivity index (χ1) is 6.88. The maximum atomic E-state index is 5.46.